The van der Waals surface area contributed by atoms with Crippen LogP contribution in [-0.2, 0) is 0 Å². The Balaban J connectivity index is 3.13. The Hall–Kier alpha value is -0.260. The van der Waals surface area contributed by atoms with Crippen LogP contribution in [-0.4, -0.2) is 0 Å². The van der Waals surface area contributed by atoms with Crippen LogP contribution in [0.5, 0.6) is 0 Å². The Kier molecular flexibility index (Phi) is 9.77. The van der Waals surface area contributed by atoms with Crippen LogP contribution in [0.15, 0.2) is 12.2 Å². The van der Waals surface area contributed by atoms with Gasteiger partial charge in [-0.25, -0.2) is 0 Å². The molecule has 16 heavy (non-hydrogen) atoms. The fourth-order valence-electron chi connectivity index (χ4n) is 1.83. The lowest BCUT2D eigenvalue weighted by molar-refractivity contribution is 0.539. The standard InChI is InChI=1S/C16H32/c1-5-6-7-8-9-10-11-12-13-14-15-16(2,3)4/h14-15H,5-13H2,1-4H3/b15-14-. The van der Waals surface area contributed by atoms with Crippen LogP contribution in [0.1, 0.15) is 85.5 Å². The lowest BCUT2D eigenvalue weighted by Gasteiger charge is -2.10. The molecule has 0 N–H and O–H groups in total. The van der Waals surface area contributed by atoms with E-state index in [0.717, 1.165) is 0 Å². The first-order valence-electron chi connectivity index (χ1n) is 7.24. The molecule has 0 aromatic carbocycles. The molecular formula is C16H32. The molecule has 0 aliphatic heterocycles. The summed E-state index contributed by atoms with van der Waals surface area (Å²) in [5.41, 5.74) is 0.361. The molecule has 0 unspecified atom stereocenters. The van der Waals surface area contributed by atoms with Gasteiger partial charge in [0.2, 0.25) is 0 Å². The monoisotopic (exact) mass is 224 g/mol. The molecule has 0 amide bonds. The van der Waals surface area contributed by atoms with Crippen LogP contribution in [0.4, 0.5) is 0 Å². The van der Waals surface area contributed by atoms with Crippen LogP contribution in [0.25, 0.3) is 0 Å². The van der Waals surface area contributed by atoms with Gasteiger partial charge in [0.05, 0.1) is 0 Å². The molecule has 96 valence electrons. The second-order valence-electron chi connectivity index (χ2n) is 6.03. The van der Waals surface area contributed by atoms with Gasteiger partial charge < -0.3 is 0 Å². The summed E-state index contributed by atoms with van der Waals surface area (Å²) in [6.07, 6.45) is 17.3. The van der Waals surface area contributed by atoms with Gasteiger partial charge in [-0.05, 0) is 18.3 Å². The highest BCUT2D eigenvalue weighted by molar-refractivity contribution is 4.91. The van der Waals surface area contributed by atoms with Crippen molar-refractivity contribution in [1.29, 1.82) is 0 Å². The van der Waals surface area contributed by atoms with E-state index in [1.807, 2.05) is 0 Å². The molecule has 0 nitrogen and oxygen atoms in total. The molecule has 0 rings (SSSR count). The highest BCUT2D eigenvalue weighted by atomic mass is 14.1. The van der Waals surface area contributed by atoms with E-state index in [0.29, 0.717) is 5.41 Å². The molecule has 0 aliphatic rings. The van der Waals surface area contributed by atoms with Gasteiger partial charge in [-0.15, -0.1) is 0 Å². The van der Waals surface area contributed by atoms with Crippen molar-refractivity contribution < 1.29 is 0 Å². The van der Waals surface area contributed by atoms with Crippen molar-refractivity contribution in [3.8, 4) is 0 Å². The maximum Gasteiger partial charge on any atom is -0.0203 e. The minimum Gasteiger partial charge on any atom is -0.0880 e. The lowest BCUT2D eigenvalue weighted by atomic mass is 9.95. The number of unbranched alkanes of at least 4 members (excludes halogenated alkanes) is 8. The SMILES string of the molecule is CCCCCCCCCC/C=C\C(C)(C)C. The summed E-state index contributed by atoms with van der Waals surface area (Å²) in [7, 11) is 0. The fraction of sp³-hybridized carbons (Fsp3) is 0.875. The van der Waals surface area contributed by atoms with Crippen molar-refractivity contribution in [2.24, 2.45) is 5.41 Å². The molecule has 0 saturated carbocycles. The van der Waals surface area contributed by atoms with Crippen molar-refractivity contribution >= 4 is 0 Å². The first kappa shape index (κ1) is 15.7. The molecule has 0 bridgehead atoms. The molecule has 0 heterocycles. The van der Waals surface area contributed by atoms with E-state index in [9.17, 15) is 0 Å². The van der Waals surface area contributed by atoms with E-state index in [-0.39, 0.29) is 0 Å². The number of hydrogen-bond acceptors (Lipinski definition) is 0. The quantitative estimate of drug-likeness (QED) is 0.327. The topological polar surface area (TPSA) is 0 Å². The Morgan fingerprint density at radius 1 is 0.750 bits per heavy atom. The molecule has 0 aromatic heterocycles. The van der Waals surface area contributed by atoms with E-state index in [4.69, 9.17) is 0 Å². The third-order valence-corrected chi connectivity index (χ3v) is 2.84. The molecule has 0 aliphatic carbocycles. The van der Waals surface area contributed by atoms with Crippen LogP contribution >= 0.6 is 0 Å². The Morgan fingerprint density at radius 2 is 1.25 bits per heavy atom. The molecule has 0 heteroatoms. The highest BCUT2D eigenvalue weighted by Crippen LogP contribution is 2.16. The number of rotatable bonds is 9. The predicted molar refractivity (Wildman–Crippen MR) is 75.8 cm³/mol. The van der Waals surface area contributed by atoms with Crippen LogP contribution in [0, 0.1) is 5.41 Å². The van der Waals surface area contributed by atoms with E-state index in [1.165, 1.54) is 57.8 Å². The zero-order valence-corrected chi connectivity index (χ0v) is 12.0. The van der Waals surface area contributed by atoms with Crippen molar-refractivity contribution in [3.05, 3.63) is 12.2 Å². The van der Waals surface area contributed by atoms with Crippen LogP contribution < -0.4 is 0 Å². The van der Waals surface area contributed by atoms with Gasteiger partial charge in [-0.1, -0.05) is 84.8 Å². The average molecular weight is 224 g/mol. The van der Waals surface area contributed by atoms with Gasteiger partial charge in [0.15, 0.2) is 0 Å². The minimum atomic E-state index is 0.361. The third-order valence-electron chi connectivity index (χ3n) is 2.84. The Morgan fingerprint density at radius 3 is 1.75 bits per heavy atom. The fourth-order valence-corrected chi connectivity index (χ4v) is 1.83. The van der Waals surface area contributed by atoms with Gasteiger partial charge >= 0.3 is 0 Å². The molecule has 0 saturated heterocycles. The molecule has 0 radical (unpaired) electrons. The summed E-state index contributed by atoms with van der Waals surface area (Å²) in [4.78, 5) is 0. The average Bonchev–Trinajstić information content (AvgIpc) is 2.19. The zero-order valence-electron chi connectivity index (χ0n) is 12.0. The largest absolute Gasteiger partial charge is 0.0880 e. The second-order valence-corrected chi connectivity index (χ2v) is 6.03. The zero-order chi connectivity index (χ0) is 12.3. The summed E-state index contributed by atoms with van der Waals surface area (Å²) >= 11 is 0. The van der Waals surface area contributed by atoms with Crippen LogP contribution in [0.2, 0.25) is 0 Å². The third kappa shape index (κ3) is 13.7. The van der Waals surface area contributed by atoms with Gasteiger partial charge in [-0.3, -0.25) is 0 Å². The predicted octanol–water partition coefficient (Wildman–Crippen LogP) is 6.12. The van der Waals surface area contributed by atoms with Gasteiger partial charge in [0.25, 0.3) is 0 Å². The van der Waals surface area contributed by atoms with Crippen LogP contribution in [0.3, 0.4) is 0 Å². The highest BCUT2D eigenvalue weighted by Gasteiger charge is 2.02. The van der Waals surface area contributed by atoms with E-state index in [1.54, 1.807) is 0 Å². The molecule has 0 fully saturated rings. The minimum absolute atomic E-state index is 0.361. The van der Waals surface area contributed by atoms with Crippen molar-refractivity contribution in [2.75, 3.05) is 0 Å². The van der Waals surface area contributed by atoms with Gasteiger partial charge in [-0.2, -0.15) is 0 Å². The summed E-state index contributed by atoms with van der Waals surface area (Å²) in [6.45, 7) is 9.06. The van der Waals surface area contributed by atoms with Gasteiger partial charge in [0.1, 0.15) is 0 Å². The maximum atomic E-state index is 2.36. The summed E-state index contributed by atoms with van der Waals surface area (Å²) in [5, 5.41) is 0. The molecule has 0 atom stereocenters. The van der Waals surface area contributed by atoms with E-state index in [2.05, 4.69) is 39.8 Å². The summed E-state index contributed by atoms with van der Waals surface area (Å²) in [5.74, 6) is 0. The first-order valence-corrected chi connectivity index (χ1v) is 7.24. The summed E-state index contributed by atoms with van der Waals surface area (Å²) < 4.78 is 0. The Bertz CT molecular complexity index is 159. The first-order chi connectivity index (χ1) is 7.56. The molecular weight excluding hydrogens is 192 g/mol. The summed E-state index contributed by atoms with van der Waals surface area (Å²) in [6, 6.07) is 0. The Labute approximate surface area is 104 Å². The number of hydrogen-bond donors (Lipinski definition) is 0. The molecule has 0 spiro atoms. The maximum absolute atomic E-state index is 2.36. The van der Waals surface area contributed by atoms with Crippen molar-refractivity contribution in [1.82, 2.24) is 0 Å². The molecule has 0 aromatic rings. The second kappa shape index (κ2) is 9.93. The normalized spacial score (nSPS) is 12.5. The van der Waals surface area contributed by atoms with Gasteiger partial charge in [0, 0.05) is 0 Å². The smallest absolute Gasteiger partial charge is 0.0203 e. The lowest BCUT2D eigenvalue weighted by Crippen LogP contribution is -1.98. The van der Waals surface area contributed by atoms with Crippen molar-refractivity contribution in [2.45, 2.75) is 85.5 Å². The van der Waals surface area contributed by atoms with Crippen molar-refractivity contribution in [3.63, 3.8) is 0 Å². The van der Waals surface area contributed by atoms with E-state index >= 15 is 0 Å². The number of allylic oxidation sites excluding steroid dienone is 2. The van der Waals surface area contributed by atoms with E-state index < -0.39 is 0 Å².